The summed E-state index contributed by atoms with van der Waals surface area (Å²) in [5, 5.41) is 2.80. The molecule has 1 fully saturated rings. The van der Waals surface area contributed by atoms with Crippen LogP contribution in [0.1, 0.15) is 39.1 Å². The number of Topliss-reactive ketones (excluding diaryl/α,β-unsaturated/α-hetero) is 2. The van der Waals surface area contributed by atoms with Crippen molar-refractivity contribution in [3.05, 3.63) is 34.9 Å². The molecule has 1 aliphatic carbocycles. The number of nitrogens with one attached hydrogen (secondary N) is 1. The molecule has 2 atom stereocenters. The number of carbonyl (C=O) groups is 4. The van der Waals surface area contributed by atoms with Crippen molar-refractivity contribution in [2.24, 2.45) is 11.8 Å². The Labute approximate surface area is 129 Å². The van der Waals surface area contributed by atoms with E-state index >= 15 is 0 Å². The molecule has 0 aromatic heterocycles. The van der Waals surface area contributed by atoms with Crippen molar-refractivity contribution < 1.29 is 19.2 Å². The van der Waals surface area contributed by atoms with Gasteiger partial charge < -0.3 is 0 Å². The molecule has 1 saturated heterocycles. The van der Waals surface area contributed by atoms with Crippen LogP contribution in [0.15, 0.2) is 18.2 Å². The Bertz CT molecular complexity index is 682. The quantitative estimate of drug-likeness (QED) is 0.500. The van der Waals surface area contributed by atoms with E-state index < -0.39 is 17.7 Å². The predicted octanol–water partition coefficient (Wildman–Crippen LogP) is 1.63. The number of hydrogen-bond acceptors (Lipinski definition) is 4. The third-order valence-electron chi connectivity index (χ3n) is 4.02. The van der Waals surface area contributed by atoms with E-state index in [-0.39, 0.29) is 30.3 Å². The van der Waals surface area contributed by atoms with Crippen molar-refractivity contribution in [3.8, 4) is 0 Å². The normalized spacial score (nSPS) is 25.0. The van der Waals surface area contributed by atoms with E-state index in [1.165, 1.54) is 0 Å². The van der Waals surface area contributed by atoms with Gasteiger partial charge in [0, 0.05) is 22.9 Å². The molecule has 6 heteroatoms. The van der Waals surface area contributed by atoms with Gasteiger partial charge in [-0.2, -0.15) is 0 Å². The molecule has 1 heterocycles. The minimum Gasteiger partial charge on any atom is -0.296 e. The molecule has 1 aromatic rings. The molecule has 0 bridgehead atoms. The number of ketones is 2. The van der Waals surface area contributed by atoms with Crippen LogP contribution in [-0.4, -0.2) is 23.4 Å². The number of benzene rings is 1. The van der Waals surface area contributed by atoms with Crippen molar-refractivity contribution in [1.82, 2.24) is 5.32 Å². The molecule has 0 spiro atoms. The molecule has 1 N–H and O–H groups in total. The van der Waals surface area contributed by atoms with Crippen LogP contribution < -0.4 is 5.32 Å². The number of imide groups is 1. The lowest BCUT2D eigenvalue weighted by molar-refractivity contribution is -0.137. The lowest BCUT2D eigenvalue weighted by atomic mass is 9.82. The van der Waals surface area contributed by atoms with Gasteiger partial charge in [-0.1, -0.05) is 28.1 Å². The molecule has 0 radical (unpaired) electrons. The van der Waals surface area contributed by atoms with Crippen LogP contribution in [0.5, 0.6) is 0 Å². The third-order valence-corrected chi connectivity index (χ3v) is 4.67. The van der Waals surface area contributed by atoms with Crippen molar-refractivity contribution in [3.63, 3.8) is 0 Å². The summed E-state index contributed by atoms with van der Waals surface area (Å²) in [4.78, 5) is 48.0. The van der Waals surface area contributed by atoms with E-state index in [2.05, 4.69) is 21.2 Å². The molecule has 1 aliphatic heterocycles. The SMILES string of the molecule is O=C1CCC(C2C(=O)c3ccc(CBr)cc3C2=O)C(=O)N1. The lowest BCUT2D eigenvalue weighted by Crippen LogP contribution is -2.46. The van der Waals surface area contributed by atoms with Crippen molar-refractivity contribution >= 4 is 39.3 Å². The average molecular weight is 350 g/mol. The lowest BCUT2D eigenvalue weighted by Gasteiger charge is -2.23. The molecule has 2 unspecified atom stereocenters. The molecular formula is C15H12BrNO4. The molecular weight excluding hydrogens is 338 g/mol. The second kappa shape index (κ2) is 5.18. The maximum absolute atomic E-state index is 12.5. The van der Waals surface area contributed by atoms with Crippen LogP contribution in [-0.2, 0) is 14.9 Å². The van der Waals surface area contributed by atoms with Crippen molar-refractivity contribution in [2.75, 3.05) is 0 Å². The zero-order valence-electron chi connectivity index (χ0n) is 11.0. The first-order chi connectivity index (χ1) is 10.0. The van der Waals surface area contributed by atoms with Gasteiger partial charge in [-0.15, -0.1) is 0 Å². The van der Waals surface area contributed by atoms with Gasteiger partial charge in [0.2, 0.25) is 11.8 Å². The van der Waals surface area contributed by atoms with E-state index in [0.717, 1.165) is 5.56 Å². The summed E-state index contributed by atoms with van der Waals surface area (Å²) in [5.41, 5.74) is 1.66. The molecule has 108 valence electrons. The van der Waals surface area contributed by atoms with Crippen LogP contribution in [0.4, 0.5) is 0 Å². The van der Waals surface area contributed by atoms with Crippen LogP contribution >= 0.6 is 15.9 Å². The van der Waals surface area contributed by atoms with E-state index in [4.69, 9.17) is 0 Å². The average Bonchev–Trinajstić information content (AvgIpc) is 2.71. The van der Waals surface area contributed by atoms with E-state index in [0.29, 0.717) is 16.5 Å². The molecule has 2 amide bonds. The van der Waals surface area contributed by atoms with Gasteiger partial charge in [0.25, 0.3) is 0 Å². The highest BCUT2D eigenvalue weighted by Crippen LogP contribution is 2.35. The number of carbonyl (C=O) groups excluding carboxylic acids is 4. The number of fused-ring (bicyclic) bond motifs is 1. The number of amides is 2. The highest BCUT2D eigenvalue weighted by molar-refractivity contribution is 9.08. The summed E-state index contributed by atoms with van der Waals surface area (Å²) >= 11 is 3.31. The molecule has 1 aromatic carbocycles. The van der Waals surface area contributed by atoms with Gasteiger partial charge in [0.1, 0.15) is 0 Å². The summed E-state index contributed by atoms with van der Waals surface area (Å²) in [6.45, 7) is 0. The zero-order valence-corrected chi connectivity index (χ0v) is 12.6. The fourth-order valence-electron chi connectivity index (χ4n) is 2.94. The topological polar surface area (TPSA) is 80.3 Å². The summed E-state index contributed by atoms with van der Waals surface area (Å²) in [6, 6.07) is 5.11. The standard InChI is InChI=1S/C15H12BrNO4/c16-6-7-1-2-8-10(5-7)14(20)12(13(8)19)9-3-4-11(18)17-15(9)21/h1-2,5,9,12H,3-4,6H2,(H,17,18,21). The third kappa shape index (κ3) is 2.23. The summed E-state index contributed by atoms with van der Waals surface area (Å²) in [5.74, 6) is -3.24. The molecule has 5 nitrogen and oxygen atoms in total. The van der Waals surface area contributed by atoms with Crippen LogP contribution in [0, 0.1) is 11.8 Å². The smallest absolute Gasteiger partial charge is 0.230 e. The second-order valence-corrected chi connectivity index (χ2v) is 5.84. The largest absolute Gasteiger partial charge is 0.296 e. The second-order valence-electron chi connectivity index (χ2n) is 5.28. The first-order valence-electron chi connectivity index (χ1n) is 6.64. The number of halogens is 1. The Morgan fingerprint density at radius 2 is 1.81 bits per heavy atom. The van der Waals surface area contributed by atoms with Gasteiger partial charge in [-0.05, 0) is 18.1 Å². The Balaban J connectivity index is 1.96. The number of alkyl halides is 1. The van der Waals surface area contributed by atoms with Crippen molar-refractivity contribution in [2.45, 2.75) is 18.2 Å². The Kier molecular flexibility index (Phi) is 3.49. The number of piperidine rings is 1. The summed E-state index contributed by atoms with van der Waals surface area (Å²) in [6.07, 6.45) is 0.405. The minimum absolute atomic E-state index is 0.163. The zero-order chi connectivity index (χ0) is 15.1. The first kappa shape index (κ1) is 14.1. The van der Waals surface area contributed by atoms with Gasteiger partial charge in [0.05, 0.1) is 11.8 Å². The van der Waals surface area contributed by atoms with E-state index in [1.807, 2.05) is 0 Å². The van der Waals surface area contributed by atoms with Crippen LogP contribution in [0.2, 0.25) is 0 Å². The Morgan fingerprint density at radius 1 is 1.10 bits per heavy atom. The molecule has 21 heavy (non-hydrogen) atoms. The van der Waals surface area contributed by atoms with Crippen LogP contribution in [0.25, 0.3) is 0 Å². The fourth-order valence-corrected chi connectivity index (χ4v) is 3.29. The number of hydrogen-bond donors (Lipinski definition) is 1. The highest BCUT2D eigenvalue weighted by atomic mass is 79.9. The highest BCUT2D eigenvalue weighted by Gasteiger charge is 2.47. The summed E-state index contributed by atoms with van der Waals surface area (Å²) < 4.78 is 0. The van der Waals surface area contributed by atoms with E-state index in [9.17, 15) is 19.2 Å². The van der Waals surface area contributed by atoms with Crippen LogP contribution in [0.3, 0.4) is 0 Å². The molecule has 2 aliphatic rings. The monoisotopic (exact) mass is 349 g/mol. The van der Waals surface area contributed by atoms with Crippen molar-refractivity contribution in [1.29, 1.82) is 0 Å². The minimum atomic E-state index is -0.987. The van der Waals surface area contributed by atoms with E-state index in [1.54, 1.807) is 18.2 Å². The Hall–Kier alpha value is -1.82. The maximum atomic E-state index is 12.5. The molecule has 3 rings (SSSR count). The molecule has 0 saturated carbocycles. The van der Waals surface area contributed by atoms with Gasteiger partial charge >= 0.3 is 0 Å². The van der Waals surface area contributed by atoms with Gasteiger partial charge in [-0.25, -0.2) is 0 Å². The summed E-state index contributed by atoms with van der Waals surface area (Å²) in [7, 11) is 0. The predicted molar refractivity (Wildman–Crippen MR) is 77.1 cm³/mol. The van der Waals surface area contributed by atoms with Gasteiger partial charge in [0.15, 0.2) is 11.6 Å². The van der Waals surface area contributed by atoms with Gasteiger partial charge in [-0.3, -0.25) is 24.5 Å². The first-order valence-corrected chi connectivity index (χ1v) is 7.76. The fraction of sp³-hybridized carbons (Fsp3) is 0.333. The number of rotatable bonds is 2. The maximum Gasteiger partial charge on any atom is 0.230 e. The Morgan fingerprint density at radius 3 is 2.48 bits per heavy atom.